The van der Waals surface area contributed by atoms with Gasteiger partial charge in [-0.2, -0.15) is 0 Å². The number of ether oxygens (including phenoxy) is 1. The highest BCUT2D eigenvalue weighted by Gasteiger charge is 2.43. The third kappa shape index (κ3) is 2.53. The molecule has 1 heterocycles. The van der Waals surface area contributed by atoms with E-state index in [0.29, 0.717) is 0 Å². The highest BCUT2D eigenvalue weighted by atomic mass is 35.5. The zero-order valence-electron chi connectivity index (χ0n) is 10.5. The number of hydrogen-bond donors (Lipinski definition) is 1. The molecule has 0 radical (unpaired) electrons. The van der Waals surface area contributed by atoms with Gasteiger partial charge in [-0.1, -0.05) is 31.4 Å². The second-order valence-electron chi connectivity index (χ2n) is 4.60. The molecule has 2 nitrogen and oxygen atoms in total. The van der Waals surface area contributed by atoms with Crippen LogP contribution in [0, 0.1) is 0 Å². The lowest BCUT2D eigenvalue weighted by molar-refractivity contribution is -0.0354. The molecule has 0 amide bonds. The molecular weight excluding hydrogens is 254 g/mol. The SMILES string of the molecule is CCNC(c1sccc1Cl)C1(OC)CCCC1. The quantitative estimate of drug-likeness (QED) is 0.875. The van der Waals surface area contributed by atoms with Gasteiger partial charge in [-0.25, -0.2) is 0 Å². The van der Waals surface area contributed by atoms with Crippen molar-refractivity contribution in [3.05, 3.63) is 21.3 Å². The summed E-state index contributed by atoms with van der Waals surface area (Å²) in [5.41, 5.74) is -0.0650. The van der Waals surface area contributed by atoms with E-state index >= 15 is 0 Å². The van der Waals surface area contributed by atoms with Crippen LogP contribution >= 0.6 is 22.9 Å². The molecule has 1 fully saturated rings. The van der Waals surface area contributed by atoms with Crippen molar-refractivity contribution in [3.8, 4) is 0 Å². The van der Waals surface area contributed by atoms with Crippen molar-refractivity contribution in [2.24, 2.45) is 0 Å². The van der Waals surface area contributed by atoms with Crippen molar-refractivity contribution in [3.63, 3.8) is 0 Å². The standard InChI is InChI=1S/C13H20ClNOS/c1-3-15-12(11-10(14)6-9-17-11)13(16-2)7-4-5-8-13/h6,9,12,15H,3-5,7-8H2,1-2H3. The molecule has 1 unspecified atom stereocenters. The van der Waals surface area contributed by atoms with Crippen LogP contribution in [0.4, 0.5) is 0 Å². The van der Waals surface area contributed by atoms with Crippen LogP contribution in [-0.4, -0.2) is 19.3 Å². The molecule has 0 aliphatic heterocycles. The zero-order chi connectivity index (χ0) is 12.3. The first-order chi connectivity index (χ1) is 8.23. The maximum Gasteiger partial charge on any atom is 0.0881 e. The number of halogens is 1. The number of likely N-dealkylation sites (N-methyl/N-ethyl adjacent to an activating group) is 1. The Morgan fingerprint density at radius 1 is 1.53 bits per heavy atom. The van der Waals surface area contributed by atoms with Crippen LogP contribution in [0.3, 0.4) is 0 Å². The summed E-state index contributed by atoms with van der Waals surface area (Å²) in [4.78, 5) is 1.22. The molecule has 1 aromatic heterocycles. The molecule has 96 valence electrons. The van der Waals surface area contributed by atoms with Gasteiger partial charge in [-0.15, -0.1) is 11.3 Å². The predicted molar refractivity (Wildman–Crippen MR) is 74.0 cm³/mol. The van der Waals surface area contributed by atoms with Crippen LogP contribution in [0.25, 0.3) is 0 Å². The van der Waals surface area contributed by atoms with Gasteiger partial charge in [0.25, 0.3) is 0 Å². The van der Waals surface area contributed by atoms with Gasteiger partial charge >= 0.3 is 0 Å². The van der Waals surface area contributed by atoms with Gasteiger partial charge in [-0.05, 0) is 30.8 Å². The van der Waals surface area contributed by atoms with E-state index in [0.717, 1.165) is 24.4 Å². The molecule has 1 saturated carbocycles. The van der Waals surface area contributed by atoms with Crippen molar-refractivity contribution in [2.45, 2.75) is 44.2 Å². The molecule has 0 aromatic carbocycles. The van der Waals surface area contributed by atoms with Crippen LogP contribution in [0.15, 0.2) is 11.4 Å². The van der Waals surface area contributed by atoms with Crippen LogP contribution in [0.2, 0.25) is 5.02 Å². The van der Waals surface area contributed by atoms with Crippen molar-refractivity contribution >= 4 is 22.9 Å². The van der Waals surface area contributed by atoms with E-state index in [4.69, 9.17) is 16.3 Å². The van der Waals surface area contributed by atoms with Crippen molar-refractivity contribution < 1.29 is 4.74 Å². The smallest absolute Gasteiger partial charge is 0.0881 e. The zero-order valence-corrected chi connectivity index (χ0v) is 12.0. The minimum Gasteiger partial charge on any atom is -0.376 e. The van der Waals surface area contributed by atoms with E-state index < -0.39 is 0 Å². The van der Waals surface area contributed by atoms with Crippen molar-refractivity contribution in [2.75, 3.05) is 13.7 Å². The van der Waals surface area contributed by atoms with E-state index in [1.54, 1.807) is 11.3 Å². The van der Waals surface area contributed by atoms with Gasteiger partial charge in [0.1, 0.15) is 0 Å². The lowest BCUT2D eigenvalue weighted by Gasteiger charge is -2.36. The van der Waals surface area contributed by atoms with Crippen LogP contribution in [-0.2, 0) is 4.74 Å². The highest BCUT2D eigenvalue weighted by molar-refractivity contribution is 7.10. The fraction of sp³-hybridized carbons (Fsp3) is 0.692. The summed E-state index contributed by atoms with van der Waals surface area (Å²) in [7, 11) is 1.83. The Labute approximate surface area is 112 Å². The predicted octanol–water partition coefficient (Wildman–Crippen LogP) is 4.01. The maximum atomic E-state index is 6.28. The molecular formula is C13H20ClNOS. The topological polar surface area (TPSA) is 21.3 Å². The Balaban J connectivity index is 2.31. The summed E-state index contributed by atoms with van der Waals surface area (Å²) in [5, 5.41) is 6.48. The van der Waals surface area contributed by atoms with E-state index in [1.165, 1.54) is 17.7 Å². The highest BCUT2D eigenvalue weighted by Crippen LogP contribution is 2.45. The number of nitrogens with one attached hydrogen (secondary N) is 1. The molecule has 1 aromatic rings. The molecule has 4 heteroatoms. The number of thiophene rings is 1. The number of methoxy groups -OCH3 is 1. The first-order valence-corrected chi connectivity index (χ1v) is 7.50. The monoisotopic (exact) mass is 273 g/mol. The average molecular weight is 274 g/mol. The normalized spacial score (nSPS) is 20.6. The van der Waals surface area contributed by atoms with Gasteiger partial charge in [0.05, 0.1) is 16.7 Å². The second-order valence-corrected chi connectivity index (χ2v) is 5.95. The first-order valence-electron chi connectivity index (χ1n) is 6.25. The maximum absolute atomic E-state index is 6.28. The average Bonchev–Trinajstić information content (AvgIpc) is 2.96. The van der Waals surface area contributed by atoms with Gasteiger partial charge in [0.2, 0.25) is 0 Å². The molecule has 1 N–H and O–H groups in total. The molecule has 0 saturated heterocycles. The Kier molecular flexibility index (Phi) is 4.47. The summed E-state index contributed by atoms with van der Waals surface area (Å²) in [6, 6.07) is 2.21. The minimum absolute atomic E-state index is 0.0650. The third-order valence-electron chi connectivity index (χ3n) is 3.70. The molecule has 0 spiro atoms. The molecule has 1 atom stereocenters. The Bertz CT molecular complexity index is 360. The first kappa shape index (κ1) is 13.3. The number of rotatable bonds is 5. The Hall–Kier alpha value is -0.0900. The lowest BCUT2D eigenvalue weighted by Crippen LogP contribution is -2.43. The van der Waals surface area contributed by atoms with Crippen LogP contribution < -0.4 is 5.32 Å². The largest absolute Gasteiger partial charge is 0.376 e. The molecule has 0 bridgehead atoms. The van der Waals surface area contributed by atoms with E-state index in [2.05, 4.69) is 17.6 Å². The Morgan fingerprint density at radius 2 is 2.24 bits per heavy atom. The summed E-state index contributed by atoms with van der Waals surface area (Å²) >= 11 is 8.01. The van der Waals surface area contributed by atoms with Gasteiger partial charge in [0, 0.05) is 12.0 Å². The lowest BCUT2D eigenvalue weighted by atomic mass is 9.90. The van der Waals surface area contributed by atoms with Gasteiger partial charge in [0.15, 0.2) is 0 Å². The number of hydrogen-bond acceptors (Lipinski definition) is 3. The van der Waals surface area contributed by atoms with E-state index in [9.17, 15) is 0 Å². The summed E-state index contributed by atoms with van der Waals surface area (Å²) in [6.45, 7) is 3.07. The van der Waals surface area contributed by atoms with Gasteiger partial charge in [-0.3, -0.25) is 0 Å². The van der Waals surface area contributed by atoms with E-state index in [-0.39, 0.29) is 11.6 Å². The summed E-state index contributed by atoms with van der Waals surface area (Å²) in [5.74, 6) is 0. The Morgan fingerprint density at radius 3 is 2.71 bits per heavy atom. The van der Waals surface area contributed by atoms with Gasteiger partial charge < -0.3 is 10.1 Å². The van der Waals surface area contributed by atoms with Crippen LogP contribution in [0.1, 0.15) is 43.5 Å². The molecule has 1 aliphatic rings. The minimum atomic E-state index is -0.0650. The fourth-order valence-electron chi connectivity index (χ4n) is 2.82. The third-order valence-corrected chi connectivity index (χ3v) is 5.12. The summed E-state index contributed by atoms with van der Waals surface area (Å²) < 4.78 is 5.88. The van der Waals surface area contributed by atoms with Crippen LogP contribution in [0.5, 0.6) is 0 Å². The fourth-order valence-corrected chi connectivity index (χ4v) is 4.16. The van der Waals surface area contributed by atoms with E-state index in [1.807, 2.05) is 13.2 Å². The summed E-state index contributed by atoms with van der Waals surface area (Å²) in [6.07, 6.45) is 4.74. The molecule has 17 heavy (non-hydrogen) atoms. The molecule has 1 aliphatic carbocycles. The second kappa shape index (κ2) is 5.70. The van der Waals surface area contributed by atoms with Crippen molar-refractivity contribution in [1.82, 2.24) is 5.32 Å². The molecule has 2 rings (SSSR count). The van der Waals surface area contributed by atoms with Crippen molar-refractivity contribution in [1.29, 1.82) is 0 Å².